The van der Waals surface area contributed by atoms with E-state index in [1.807, 2.05) is 18.2 Å². The first-order valence-electron chi connectivity index (χ1n) is 4.81. The van der Waals surface area contributed by atoms with Crippen LogP contribution in [0, 0.1) is 6.92 Å². The minimum absolute atomic E-state index is 0.214. The monoisotopic (exact) mass is 191 g/mol. The quantitative estimate of drug-likeness (QED) is 0.527. The van der Waals surface area contributed by atoms with Gasteiger partial charge in [-0.15, -0.1) is 0 Å². The van der Waals surface area contributed by atoms with Crippen LogP contribution in [-0.2, 0) is 16.0 Å². The third-order valence-corrected chi connectivity index (χ3v) is 1.92. The van der Waals surface area contributed by atoms with Gasteiger partial charge in [0.25, 0.3) is 0 Å². The van der Waals surface area contributed by atoms with Gasteiger partial charge in [-0.05, 0) is 25.3 Å². The zero-order valence-electron chi connectivity index (χ0n) is 8.24. The van der Waals surface area contributed by atoms with E-state index in [1.54, 1.807) is 0 Å². The summed E-state index contributed by atoms with van der Waals surface area (Å²) in [5, 5.41) is 0. The van der Waals surface area contributed by atoms with Crippen molar-refractivity contribution in [1.29, 1.82) is 0 Å². The van der Waals surface area contributed by atoms with Gasteiger partial charge in [-0.3, -0.25) is 4.79 Å². The molecule has 0 atom stereocenters. The molecule has 0 aliphatic rings. The first-order valence-corrected chi connectivity index (χ1v) is 4.81. The molecule has 0 fully saturated rings. The van der Waals surface area contributed by atoms with E-state index in [0.717, 1.165) is 12.8 Å². The normalized spacial score (nSPS) is 9.79. The van der Waals surface area contributed by atoms with Crippen LogP contribution in [-0.4, -0.2) is 12.6 Å². The molecule has 0 amide bonds. The van der Waals surface area contributed by atoms with Gasteiger partial charge in [-0.2, -0.15) is 0 Å². The molecule has 2 nitrogen and oxygen atoms in total. The van der Waals surface area contributed by atoms with Gasteiger partial charge in [0, 0.05) is 6.42 Å². The molecule has 1 aromatic carbocycles. The highest BCUT2D eigenvalue weighted by Gasteiger charge is 1.97. The van der Waals surface area contributed by atoms with Crippen LogP contribution in [0.3, 0.4) is 0 Å². The van der Waals surface area contributed by atoms with E-state index in [0.29, 0.717) is 6.61 Å². The zero-order valence-corrected chi connectivity index (χ0v) is 8.24. The molecule has 0 unspecified atom stereocenters. The summed E-state index contributed by atoms with van der Waals surface area (Å²) < 4.78 is 4.91. The Hall–Kier alpha value is -1.31. The van der Waals surface area contributed by atoms with Crippen LogP contribution in [0.1, 0.15) is 18.4 Å². The molecule has 0 spiro atoms. The molecule has 1 aromatic rings. The summed E-state index contributed by atoms with van der Waals surface area (Å²) in [6.45, 7) is 3.94. The Bertz CT molecular complexity index is 267. The first-order chi connectivity index (χ1) is 6.83. The van der Waals surface area contributed by atoms with Gasteiger partial charge in [-0.25, -0.2) is 0 Å². The number of hydrogen-bond acceptors (Lipinski definition) is 2. The van der Waals surface area contributed by atoms with Crippen molar-refractivity contribution in [3.05, 3.63) is 42.8 Å². The van der Waals surface area contributed by atoms with Gasteiger partial charge in [0.15, 0.2) is 0 Å². The second-order valence-electron chi connectivity index (χ2n) is 3.06. The van der Waals surface area contributed by atoms with E-state index in [2.05, 4.69) is 19.1 Å². The molecule has 75 valence electrons. The summed E-state index contributed by atoms with van der Waals surface area (Å²) >= 11 is 0. The Morgan fingerprint density at radius 3 is 2.64 bits per heavy atom. The van der Waals surface area contributed by atoms with Gasteiger partial charge < -0.3 is 4.74 Å². The van der Waals surface area contributed by atoms with E-state index >= 15 is 0 Å². The van der Waals surface area contributed by atoms with Crippen LogP contribution in [0.15, 0.2) is 30.3 Å². The van der Waals surface area contributed by atoms with Crippen LogP contribution in [0.5, 0.6) is 0 Å². The number of esters is 1. The van der Waals surface area contributed by atoms with Crippen molar-refractivity contribution >= 4 is 5.97 Å². The van der Waals surface area contributed by atoms with Gasteiger partial charge in [0.05, 0.1) is 6.61 Å². The Labute approximate surface area is 84.9 Å². The summed E-state index contributed by atoms with van der Waals surface area (Å²) in [4.78, 5) is 10.7. The molecule has 14 heavy (non-hydrogen) atoms. The molecule has 0 aliphatic carbocycles. The number of ether oxygens (including phenoxy) is 1. The van der Waals surface area contributed by atoms with Gasteiger partial charge in [-0.1, -0.05) is 30.3 Å². The van der Waals surface area contributed by atoms with E-state index in [4.69, 9.17) is 4.74 Å². The average molecular weight is 191 g/mol. The van der Waals surface area contributed by atoms with Crippen LogP contribution < -0.4 is 0 Å². The topological polar surface area (TPSA) is 26.3 Å². The van der Waals surface area contributed by atoms with E-state index in [-0.39, 0.29) is 12.4 Å². The van der Waals surface area contributed by atoms with Crippen molar-refractivity contribution < 1.29 is 9.53 Å². The molecular weight excluding hydrogens is 176 g/mol. The van der Waals surface area contributed by atoms with Crippen molar-refractivity contribution in [3.8, 4) is 0 Å². The standard InChI is InChI=1S/C12H15O2/c1-2-12(13)14-10-6-9-11-7-4-3-5-8-11/h3-5,7-8H,1-2,6,9-10H2. The van der Waals surface area contributed by atoms with Crippen molar-refractivity contribution in [2.75, 3.05) is 6.61 Å². The Kier molecular flexibility index (Phi) is 4.76. The fourth-order valence-corrected chi connectivity index (χ4v) is 1.18. The number of carbonyl (C=O) groups excluding carboxylic acids is 1. The fraction of sp³-hybridized carbons (Fsp3) is 0.333. The fourth-order valence-electron chi connectivity index (χ4n) is 1.18. The van der Waals surface area contributed by atoms with Gasteiger partial charge in [0.2, 0.25) is 0 Å². The minimum atomic E-state index is -0.224. The summed E-state index contributed by atoms with van der Waals surface area (Å²) in [7, 11) is 0. The maximum absolute atomic E-state index is 10.7. The van der Waals surface area contributed by atoms with Crippen LogP contribution in [0.25, 0.3) is 0 Å². The average Bonchev–Trinajstić information content (AvgIpc) is 2.25. The molecule has 0 bridgehead atoms. The number of carbonyl (C=O) groups is 1. The lowest BCUT2D eigenvalue weighted by Gasteiger charge is -2.02. The van der Waals surface area contributed by atoms with E-state index in [9.17, 15) is 4.79 Å². The molecule has 0 saturated heterocycles. The smallest absolute Gasteiger partial charge is 0.305 e. The molecule has 0 saturated carbocycles. The number of rotatable bonds is 5. The number of aryl methyl sites for hydroxylation is 1. The highest BCUT2D eigenvalue weighted by Crippen LogP contribution is 2.02. The summed E-state index contributed by atoms with van der Waals surface area (Å²) in [6.07, 6.45) is 2.03. The van der Waals surface area contributed by atoms with Crippen molar-refractivity contribution in [1.82, 2.24) is 0 Å². The van der Waals surface area contributed by atoms with E-state index < -0.39 is 0 Å². The first kappa shape index (κ1) is 10.8. The molecule has 0 N–H and O–H groups in total. The predicted molar refractivity (Wildman–Crippen MR) is 55.7 cm³/mol. The molecule has 0 aliphatic heterocycles. The second kappa shape index (κ2) is 6.19. The third-order valence-electron chi connectivity index (χ3n) is 1.92. The zero-order chi connectivity index (χ0) is 10.2. The number of hydrogen-bond donors (Lipinski definition) is 0. The third kappa shape index (κ3) is 4.08. The highest BCUT2D eigenvalue weighted by molar-refractivity contribution is 5.69. The lowest BCUT2D eigenvalue weighted by atomic mass is 10.1. The second-order valence-corrected chi connectivity index (χ2v) is 3.06. The van der Waals surface area contributed by atoms with Crippen LogP contribution in [0.4, 0.5) is 0 Å². The predicted octanol–water partition coefficient (Wildman–Crippen LogP) is 2.39. The lowest BCUT2D eigenvalue weighted by molar-refractivity contribution is -0.142. The van der Waals surface area contributed by atoms with Crippen LogP contribution >= 0.6 is 0 Å². The molecule has 1 radical (unpaired) electrons. The Morgan fingerprint density at radius 1 is 1.29 bits per heavy atom. The molecule has 0 aromatic heterocycles. The Balaban J connectivity index is 2.13. The van der Waals surface area contributed by atoms with E-state index in [1.165, 1.54) is 5.56 Å². The van der Waals surface area contributed by atoms with Crippen molar-refractivity contribution in [3.63, 3.8) is 0 Å². The van der Waals surface area contributed by atoms with Crippen molar-refractivity contribution in [2.24, 2.45) is 0 Å². The molecule has 0 heterocycles. The summed E-state index contributed by atoms with van der Waals surface area (Å²) in [6, 6.07) is 10.2. The minimum Gasteiger partial charge on any atom is -0.466 e. The molecule has 2 heteroatoms. The molecular formula is C12H15O2. The Morgan fingerprint density at radius 2 is 2.00 bits per heavy atom. The maximum atomic E-state index is 10.7. The summed E-state index contributed by atoms with van der Waals surface area (Å²) in [5.41, 5.74) is 1.28. The van der Waals surface area contributed by atoms with Crippen LogP contribution in [0.2, 0.25) is 0 Å². The lowest BCUT2D eigenvalue weighted by Crippen LogP contribution is -2.04. The summed E-state index contributed by atoms with van der Waals surface area (Å²) in [5.74, 6) is -0.224. The largest absolute Gasteiger partial charge is 0.466 e. The van der Waals surface area contributed by atoms with Crippen molar-refractivity contribution in [2.45, 2.75) is 19.3 Å². The van der Waals surface area contributed by atoms with Gasteiger partial charge in [0.1, 0.15) is 0 Å². The maximum Gasteiger partial charge on any atom is 0.305 e. The molecule has 1 rings (SSSR count). The SMILES string of the molecule is [CH2]CC(=O)OCCCc1ccccc1. The highest BCUT2D eigenvalue weighted by atomic mass is 16.5. The van der Waals surface area contributed by atoms with Gasteiger partial charge >= 0.3 is 5.97 Å². The number of benzene rings is 1.